The molecule has 0 aliphatic carbocycles. The van der Waals surface area contributed by atoms with Crippen LogP contribution in [0.3, 0.4) is 0 Å². The fourth-order valence-electron chi connectivity index (χ4n) is 1.48. The highest BCUT2D eigenvalue weighted by molar-refractivity contribution is 7.89. The van der Waals surface area contributed by atoms with E-state index in [4.69, 9.17) is 0 Å². The molecular weight excluding hydrogens is 212 g/mol. The van der Waals surface area contributed by atoms with Crippen molar-refractivity contribution in [2.24, 2.45) is 0 Å². The average molecular weight is 232 g/mol. The SMILES string of the molecule is CC(C)NCCS(=O)(=O)N1CC=CCC1. The van der Waals surface area contributed by atoms with Crippen molar-refractivity contribution >= 4 is 10.0 Å². The Kier molecular flexibility index (Phi) is 4.76. The monoisotopic (exact) mass is 232 g/mol. The maximum atomic E-state index is 11.8. The van der Waals surface area contributed by atoms with Crippen LogP contribution in [0.4, 0.5) is 0 Å². The number of nitrogens with one attached hydrogen (secondary N) is 1. The van der Waals surface area contributed by atoms with E-state index in [2.05, 4.69) is 5.32 Å². The van der Waals surface area contributed by atoms with E-state index in [9.17, 15) is 8.42 Å². The molecule has 1 heterocycles. The van der Waals surface area contributed by atoms with E-state index < -0.39 is 10.0 Å². The minimum atomic E-state index is -3.06. The first-order chi connectivity index (χ1) is 7.02. The number of nitrogens with zero attached hydrogens (tertiary/aromatic N) is 1. The second-order valence-electron chi connectivity index (χ2n) is 4.04. The van der Waals surface area contributed by atoms with Gasteiger partial charge in [-0.2, -0.15) is 4.31 Å². The predicted molar refractivity (Wildman–Crippen MR) is 62.3 cm³/mol. The summed E-state index contributed by atoms with van der Waals surface area (Å²) in [4.78, 5) is 0. The van der Waals surface area contributed by atoms with Gasteiger partial charge in [-0.25, -0.2) is 8.42 Å². The second-order valence-corrected chi connectivity index (χ2v) is 6.13. The molecule has 0 radical (unpaired) electrons. The summed E-state index contributed by atoms with van der Waals surface area (Å²) in [5.41, 5.74) is 0. The molecule has 1 N–H and O–H groups in total. The van der Waals surface area contributed by atoms with Gasteiger partial charge in [0.25, 0.3) is 0 Å². The van der Waals surface area contributed by atoms with E-state index in [1.165, 1.54) is 0 Å². The van der Waals surface area contributed by atoms with Crippen LogP contribution in [0.25, 0.3) is 0 Å². The highest BCUT2D eigenvalue weighted by Crippen LogP contribution is 2.07. The van der Waals surface area contributed by atoms with Crippen LogP contribution in [-0.4, -0.2) is 44.2 Å². The van der Waals surface area contributed by atoms with Crippen molar-refractivity contribution in [2.45, 2.75) is 26.3 Å². The Bertz CT molecular complexity index is 309. The van der Waals surface area contributed by atoms with E-state index >= 15 is 0 Å². The van der Waals surface area contributed by atoms with Crippen molar-refractivity contribution < 1.29 is 8.42 Å². The third kappa shape index (κ3) is 4.32. The Morgan fingerprint density at radius 1 is 1.40 bits per heavy atom. The fraction of sp³-hybridized carbons (Fsp3) is 0.800. The van der Waals surface area contributed by atoms with E-state index in [-0.39, 0.29) is 5.75 Å². The van der Waals surface area contributed by atoms with Crippen LogP contribution in [0.2, 0.25) is 0 Å². The molecule has 0 saturated heterocycles. The zero-order valence-electron chi connectivity index (χ0n) is 9.44. The van der Waals surface area contributed by atoms with Crippen molar-refractivity contribution in [3.63, 3.8) is 0 Å². The zero-order valence-corrected chi connectivity index (χ0v) is 10.3. The van der Waals surface area contributed by atoms with E-state index in [1.54, 1.807) is 4.31 Å². The van der Waals surface area contributed by atoms with Crippen molar-refractivity contribution in [3.8, 4) is 0 Å². The van der Waals surface area contributed by atoms with Gasteiger partial charge in [0.05, 0.1) is 5.75 Å². The molecule has 88 valence electrons. The van der Waals surface area contributed by atoms with Gasteiger partial charge in [-0.05, 0) is 6.42 Å². The standard InChI is InChI=1S/C10H20N2O2S/c1-10(2)11-6-9-15(13,14)12-7-4-3-5-8-12/h3-4,10-11H,5-9H2,1-2H3. The Morgan fingerprint density at radius 2 is 2.13 bits per heavy atom. The highest BCUT2D eigenvalue weighted by Gasteiger charge is 2.21. The molecule has 0 spiro atoms. The molecule has 1 rings (SSSR count). The molecule has 0 aromatic heterocycles. The van der Waals surface area contributed by atoms with Crippen molar-refractivity contribution in [2.75, 3.05) is 25.4 Å². The number of hydrogen-bond acceptors (Lipinski definition) is 3. The third-order valence-electron chi connectivity index (χ3n) is 2.33. The highest BCUT2D eigenvalue weighted by atomic mass is 32.2. The van der Waals surface area contributed by atoms with Crippen molar-refractivity contribution in [1.82, 2.24) is 9.62 Å². The summed E-state index contributed by atoms with van der Waals surface area (Å²) in [6, 6.07) is 0.335. The molecule has 1 aliphatic rings. The smallest absolute Gasteiger partial charge is 0.215 e. The largest absolute Gasteiger partial charge is 0.313 e. The maximum absolute atomic E-state index is 11.8. The first kappa shape index (κ1) is 12.7. The minimum absolute atomic E-state index is 0.193. The summed E-state index contributed by atoms with van der Waals surface area (Å²) in [6.45, 7) is 5.71. The second kappa shape index (κ2) is 5.63. The van der Waals surface area contributed by atoms with Gasteiger partial charge >= 0.3 is 0 Å². The van der Waals surface area contributed by atoms with Crippen LogP contribution in [0.15, 0.2) is 12.2 Å². The Balaban J connectivity index is 2.41. The lowest BCUT2D eigenvalue weighted by molar-refractivity contribution is 0.435. The van der Waals surface area contributed by atoms with E-state index in [1.807, 2.05) is 26.0 Å². The van der Waals surface area contributed by atoms with E-state index in [0.29, 0.717) is 25.7 Å². The summed E-state index contributed by atoms with van der Waals surface area (Å²) < 4.78 is 25.2. The van der Waals surface area contributed by atoms with Gasteiger partial charge in [-0.3, -0.25) is 0 Å². The Hall–Kier alpha value is -0.390. The predicted octanol–water partition coefficient (Wildman–Crippen LogP) is 0.576. The molecule has 15 heavy (non-hydrogen) atoms. The molecule has 0 bridgehead atoms. The molecule has 1 aliphatic heterocycles. The summed E-state index contributed by atoms with van der Waals surface area (Å²) in [5.74, 6) is 0.193. The maximum Gasteiger partial charge on any atom is 0.215 e. The molecule has 0 fully saturated rings. The lowest BCUT2D eigenvalue weighted by Crippen LogP contribution is -2.39. The number of rotatable bonds is 5. The lowest BCUT2D eigenvalue weighted by Gasteiger charge is -2.23. The fourth-order valence-corrected chi connectivity index (χ4v) is 2.81. The first-order valence-corrected chi connectivity index (χ1v) is 6.99. The average Bonchev–Trinajstić information content (AvgIpc) is 2.18. The van der Waals surface area contributed by atoms with Gasteiger partial charge in [0.2, 0.25) is 10.0 Å². The summed E-state index contributed by atoms with van der Waals surface area (Å²) >= 11 is 0. The molecule has 0 atom stereocenters. The Labute approximate surface area is 92.4 Å². The van der Waals surface area contributed by atoms with Gasteiger partial charge < -0.3 is 5.32 Å². The van der Waals surface area contributed by atoms with Crippen LogP contribution in [0.5, 0.6) is 0 Å². The Morgan fingerprint density at radius 3 is 2.67 bits per heavy atom. The van der Waals surface area contributed by atoms with Crippen LogP contribution >= 0.6 is 0 Å². The first-order valence-electron chi connectivity index (χ1n) is 5.38. The van der Waals surface area contributed by atoms with Gasteiger partial charge in [-0.15, -0.1) is 0 Å². The van der Waals surface area contributed by atoms with Crippen LogP contribution in [0, 0.1) is 0 Å². The molecule has 0 aromatic rings. The van der Waals surface area contributed by atoms with Crippen LogP contribution in [-0.2, 0) is 10.0 Å². The summed E-state index contributed by atoms with van der Waals surface area (Å²) in [5, 5.41) is 3.12. The van der Waals surface area contributed by atoms with E-state index in [0.717, 1.165) is 6.42 Å². The third-order valence-corrected chi connectivity index (χ3v) is 4.17. The topological polar surface area (TPSA) is 49.4 Å². The quantitative estimate of drug-likeness (QED) is 0.705. The molecule has 0 amide bonds. The lowest BCUT2D eigenvalue weighted by atomic mass is 10.3. The van der Waals surface area contributed by atoms with Gasteiger partial charge in [0.15, 0.2) is 0 Å². The summed E-state index contributed by atoms with van der Waals surface area (Å²) in [6.07, 6.45) is 4.77. The minimum Gasteiger partial charge on any atom is -0.313 e. The number of hydrogen-bond donors (Lipinski definition) is 1. The zero-order chi connectivity index (χ0) is 11.3. The van der Waals surface area contributed by atoms with Crippen molar-refractivity contribution in [3.05, 3.63) is 12.2 Å². The number of sulfonamides is 1. The molecule has 5 heteroatoms. The van der Waals surface area contributed by atoms with Gasteiger partial charge in [0.1, 0.15) is 0 Å². The molecule has 0 aromatic carbocycles. The van der Waals surface area contributed by atoms with Gasteiger partial charge in [-0.1, -0.05) is 26.0 Å². The van der Waals surface area contributed by atoms with Crippen LogP contribution in [0.1, 0.15) is 20.3 Å². The normalized spacial score (nSPS) is 18.6. The molecule has 0 saturated carbocycles. The molecule has 0 unspecified atom stereocenters. The molecular formula is C10H20N2O2S. The van der Waals surface area contributed by atoms with Crippen LogP contribution < -0.4 is 5.32 Å². The van der Waals surface area contributed by atoms with Gasteiger partial charge in [0, 0.05) is 25.7 Å². The molecule has 4 nitrogen and oxygen atoms in total. The summed E-state index contributed by atoms with van der Waals surface area (Å²) in [7, 11) is -3.06. The van der Waals surface area contributed by atoms with Crippen molar-refractivity contribution in [1.29, 1.82) is 0 Å².